The number of rotatable bonds is 1. The molecule has 2 rings (SSSR count). The number of carbonyl (C=O) groups is 1. The van der Waals surface area contributed by atoms with E-state index in [2.05, 4.69) is 20.9 Å². The number of benzene rings is 1. The van der Waals surface area contributed by atoms with Gasteiger partial charge in [0.1, 0.15) is 0 Å². The molecule has 0 aliphatic heterocycles. The van der Waals surface area contributed by atoms with Gasteiger partial charge in [0.25, 0.3) is 0 Å². The number of pyridine rings is 1. The molecule has 2 aromatic rings. The Kier molecular flexibility index (Phi) is 3.16. The van der Waals surface area contributed by atoms with E-state index in [1.54, 1.807) is 6.07 Å². The van der Waals surface area contributed by atoms with E-state index in [1.807, 2.05) is 41.6 Å². The summed E-state index contributed by atoms with van der Waals surface area (Å²) in [6.07, 6.45) is 0. The van der Waals surface area contributed by atoms with E-state index in [-0.39, 0.29) is 0 Å². The van der Waals surface area contributed by atoms with Crippen LogP contribution in [0, 0.1) is 10.5 Å². The summed E-state index contributed by atoms with van der Waals surface area (Å²) in [5.41, 5.74) is 1.77. The zero-order valence-electron chi connectivity index (χ0n) is 8.29. The fourth-order valence-corrected chi connectivity index (χ4v) is 2.55. The molecule has 1 aromatic carbocycles. The maximum absolute atomic E-state index is 11.3. The summed E-state index contributed by atoms with van der Waals surface area (Å²) in [7, 11) is 0. The molecule has 0 spiro atoms. The zero-order valence-corrected chi connectivity index (χ0v) is 12.0. The monoisotopic (exact) mass is 391 g/mol. The number of carboxylic acid groups (broad SMARTS) is 1. The van der Waals surface area contributed by atoms with Crippen LogP contribution in [0.3, 0.4) is 0 Å². The van der Waals surface area contributed by atoms with Gasteiger partial charge in [0.05, 0.1) is 16.8 Å². The number of fused-ring (bicyclic) bond motifs is 1. The molecule has 5 heteroatoms. The van der Waals surface area contributed by atoms with Gasteiger partial charge in [0, 0.05) is 13.4 Å². The summed E-state index contributed by atoms with van der Waals surface area (Å²) in [6, 6.07) is 5.45. The second kappa shape index (κ2) is 4.29. The predicted molar refractivity (Wildman–Crippen MR) is 73.9 cm³/mol. The Bertz CT molecular complexity index is 598. The molecule has 82 valence electrons. The Morgan fingerprint density at radius 1 is 1.50 bits per heavy atom. The molecule has 0 fully saturated rings. The molecule has 16 heavy (non-hydrogen) atoms. The molecule has 0 unspecified atom stereocenters. The number of hydrogen-bond acceptors (Lipinski definition) is 2. The van der Waals surface area contributed by atoms with Crippen LogP contribution >= 0.6 is 38.5 Å². The quantitative estimate of drug-likeness (QED) is 0.755. The standard InChI is InChI=1S/C11H7BrINO2/c1-5-10(13)9(11(15)16)7-4-6(12)2-3-8(7)14-5/h2-4H,1H3,(H,15,16). The van der Waals surface area contributed by atoms with Gasteiger partial charge in [0.15, 0.2) is 0 Å². The SMILES string of the molecule is Cc1nc2ccc(Br)cc2c(C(=O)O)c1I. The number of aromatic carboxylic acids is 1. The van der Waals surface area contributed by atoms with Crippen molar-refractivity contribution < 1.29 is 9.90 Å². The van der Waals surface area contributed by atoms with Crippen molar-refractivity contribution in [1.82, 2.24) is 4.98 Å². The number of aromatic nitrogens is 1. The third-order valence-electron chi connectivity index (χ3n) is 2.27. The van der Waals surface area contributed by atoms with Crippen LogP contribution in [-0.2, 0) is 0 Å². The van der Waals surface area contributed by atoms with Crippen LogP contribution in [0.15, 0.2) is 22.7 Å². The Balaban J connectivity index is 2.96. The van der Waals surface area contributed by atoms with Gasteiger partial charge in [0.2, 0.25) is 0 Å². The van der Waals surface area contributed by atoms with E-state index < -0.39 is 5.97 Å². The summed E-state index contributed by atoms with van der Waals surface area (Å²) in [6.45, 7) is 1.82. The maximum atomic E-state index is 11.3. The fourth-order valence-electron chi connectivity index (χ4n) is 1.54. The minimum Gasteiger partial charge on any atom is -0.478 e. The van der Waals surface area contributed by atoms with Crippen molar-refractivity contribution in [2.24, 2.45) is 0 Å². The molecule has 0 amide bonds. The average molecular weight is 392 g/mol. The molecule has 3 nitrogen and oxygen atoms in total. The van der Waals surface area contributed by atoms with Crippen molar-refractivity contribution in [2.45, 2.75) is 6.92 Å². The summed E-state index contributed by atoms with van der Waals surface area (Å²) in [5.74, 6) is -0.919. The Morgan fingerprint density at radius 2 is 2.19 bits per heavy atom. The average Bonchev–Trinajstić information content (AvgIpc) is 2.20. The Hall–Kier alpha value is -0.690. The van der Waals surface area contributed by atoms with Crippen LogP contribution in [0.1, 0.15) is 16.1 Å². The fraction of sp³-hybridized carbons (Fsp3) is 0.0909. The Morgan fingerprint density at radius 3 is 2.81 bits per heavy atom. The number of carboxylic acids is 1. The van der Waals surface area contributed by atoms with E-state index in [0.717, 1.165) is 10.2 Å². The van der Waals surface area contributed by atoms with Crippen molar-refractivity contribution >= 4 is 55.4 Å². The topological polar surface area (TPSA) is 50.2 Å². The highest BCUT2D eigenvalue weighted by atomic mass is 127. The predicted octanol–water partition coefficient (Wildman–Crippen LogP) is 3.61. The smallest absolute Gasteiger partial charge is 0.337 e. The van der Waals surface area contributed by atoms with Crippen LogP contribution in [0.4, 0.5) is 0 Å². The first-order chi connectivity index (χ1) is 7.50. The molecule has 1 aromatic heterocycles. The van der Waals surface area contributed by atoms with Crippen molar-refractivity contribution in [3.05, 3.63) is 37.5 Å². The highest BCUT2D eigenvalue weighted by Gasteiger charge is 2.16. The van der Waals surface area contributed by atoms with Gasteiger partial charge in [-0.3, -0.25) is 4.98 Å². The number of hydrogen-bond donors (Lipinski definition) is 1. The Labute approximate surface area is 114 Å². The van der Waals surface area contributed by atoms with E-state index in [9.17, 15) is 9.90 Å². The van der Waals surface area contributed by atoms with Crippen LogP contribution in [-0.4, -0.2) is 16.1 Å². The summed E-state index contributed by atoms with van der Waals surface area (Å²) in [4.78, 5) is 15.6. The number of nitrogens with zero attached hydrogens (tertiary/aromatic N) is 1. The third kappa shape index (κ3) is 1.93. The lowest BCUT2D eigenvalue weighted by Gasteiger charge is -2.07. The molecule has 0 atom stereocenters. The van der Waals surface area contributed by atoms with E-state index in [1.165, 1.54) is 0 Å². The first kappa shape index (κ1) is 11.8. The van der Waals surface area contributed by atoms with Gasteiger partial charge in [-0.2, -0.15) is 0 Å². The molecule has 0 bridgehead atoms. The van der Waals surface area contributed by atoms with Gasteiger partial charge in [-0.15, -0.1) is 0 Å². The lowest BCUT2D eigenvalue weighted by Crippen LogP contribution is -2.04. The maximum Gasteiger partial charge on any atom is 0.337 e. The lowest BCUT2D eigenvalue weighted by molar-refractivity contribution is 0.0697. The zero-order chi connectivity index (χ0) is 11.9. The van der Waals surface area contributed by atoms with Gasteiger partial charge in [-0.05, 0) is 47.7 Å². The van der Waals surface area contributed by atoms with Crippen LogP contribution < -0.4 is 0 Å². The molecule has 1 N–H and O–H groups in total. The first-order valence-electron chi connectivity index (χ1n) is 4.49. The van der Waals surface area contributed by atoms with Gasteiger partial charge in [-0.1, -0.05) is 15.9 Å². The largest absolute Gasteiger partial charge is 0.478 e. The molecule has 0 saturated carbocycles. The molecular weight excluding hydrogens is 385 g/mol. The van der Waals surface area contributed by atoms with Crippen molar-refractivity contribution in [3.8, 4) is 0 Å². The molecule has 0 aliphatic carbocycles. The second-order valence-corrected chi connectivity index (χ2v) is 5.35. The van der Waals surface area contributed by atoms with Crippen molar-refractivity contribution in [1.29, 1.82) is 0 Å². The first-order valence-corrected chi connectivity index (χ1v) is 6.36. The minimum atomic E-state index is -0.919. The molecule has 0 aliphatic rings. The third-order valence-corrected chi connectivity index (χ3v) is 4.08. The molecule has 1 heterocycles. The number of halogens is 2. The van der Waals surface area contributed by atoms with E-state index in [4.69, 9.17) is 0 Å². The molecule has 0 saturated heterocycles. The van der Waals surface area contributed by atoms with E-state index >= 15 is 0 Å². The highest BCUT2D eigenvalue weighted by molar-refractivity contribution is 14.1. The lowest BCUT2D eigenvalue weighted by atomic mass is 10.1. The second-order valence-electron chi connectivity index (χ2n) is 3.35. The number of aryl methyl sites for hydroxylation is 1. The van der Waals surface area contributed by atoms with Gasteiger partial charge >= 0.3 is 5.97 Å². The van der Waals surface area contributed by atoms with Crippen LogP contribution in [0.5, 0.6) is 0 Å². The summed E-state index contributed by atoms with van der Waals surface area (Å²) in [5, 5.41) is 9.89. The van der Waals surface area contributed by atoms with Crippen LogP contribution in [0.2, 0.25) is 0 Å². The van der Waals surface area contributed by atoms with Crippen LogP contribution in [0.25, 0.3) is 10.9 Å². The van der Waals surface area contributed by atoms with Crippen molar-refractivity contribution in [2.75, 3.05) is 0 Å². The highest BCUT2D eigenvalue weighted by Crippen LogP contribution is 2.27. The van der Waals surface area contributed by atoms with Crippen molar-refractivity contribution in [3.63, 3.8) is 0 Å². The van der Waals surface area contributed by atoms with Gasteiger partial charge in [-0.25, -0.2) is 4.79 Å². The van der Waals surface area contributed by atoms with E-state index in [0.29, 0.717) is 20.0 Å². The normalized spacial score (nSPS) is 10.7. The summed E-state index contributed by atoms with van der Waals surface area (Å²) < 4.78 is 1.54. The summed E-state index contributed by atoms with van der Waals surface area (Å²) >= 11 is 5.36. The molecular formula is C11H7BrINO2. The minimum absolute atomic E-state index is 0.324. The molecule has 0 radical (unpaired) electrons. The van der Waals surface area contributed by atoms with Gasteiger partial charge < -0.3 is 5.11 Å².